The highest BCUT2D eigenvalue weighted by molar-refractivity contribution is 5.72. The maximum Gasteiger partial charge on any atom is 0.311 e. The van der Waals surface area contributed by atoms with Crippen LogP contribution in [0.4, 0.5) is 0 Å². The third-order valence-electron chi connectivity index (χ3n) is 4.65. The lowest BCUT2D eigenvalue weighted by Gasteiger charge is -2.37. The van der Waals surface area contributed by atoms with Gasteiger partial charge in [0.2, 0.25) is 0 Å². The van der Waals surface area contributed by atoms with Gasteiger partial charge in [-0.15, -0.1) is 0 Å². The predicted octanol–water partition coefficient (Wildman–Crippen LogP) is 2.71. The third kappa shape index (κ3) is 4.54. The zero-order valence-electron chi connectivity index (χ0n) is 14.3. The zero-order chi connectivity index (χ0) is 17.1. The lowest BCUT2D eigenvalue weighted by atomic mass is 9.89. The van der Waals surface area contributed by atoms with E-state index >= 15 is 0 Å². The molecule has 0 aromatic rings. The van der Waals surface area contributed by atoms with Crippen molar-refractivity contribution in [3.63, 3.8) is 0 Å². The number of hydrogen-bond donors (Lipinski definition) is 0. The van der Waals surface area contributed by atoms with Gasteiger partial charge in [-0.05, 0) is 46.1 Å². The molecule has 2 aliphatic heterocycles. The summed E-state index contributed by atoms with van der Waals surface area (Å²) in [5.74, 6) is -0.796. The van der Waals surface area contributed by atoms with Crippen LogP contribution in [0.5, 0.6) is 0 Å². The summed E-state index contributed by atoms with van der Waals surface area (Å²) in [4.78, 5) is 33.7. The van der Waals surface area contributed by atoms with E-state index in [0.29, 0.717) is 19.3 Å². The largest absolute Gasteiger partial charge is 0.469 e. The Balaban J connectivity index is 1.83. The quantitative estimate of drug-likeness (QED) is 0.439. The maximum absolute atomic E-state index is 11.5. The molecule has 1 unspecified atom stereocenters. The molecule has 4 atom stereocenters. The van der Waals surface area contributed by atoms with Crippen LogP contribution in [-0.4, -0.2) is 36.4 Å². The van der Waals surface area contributed by atoms with Crippen molar-refractivity contribution in [3.05, 3.63) is 12.2 Å². The predicted molar refractivity (Wildman–Crippen MR) is 82.3 cm³/mol. The molecule has 0 bridgehead atoms. The Morgan fingerprint density at radius 1 is 1.43 bits per heavy atom. The number of carbonyl (C=O) groups is 2. The zero-order valence-corrected chi connectivity index (χ0v) is 14.3. The van der Waals surface area contributed by atoms with E-state index in [2.05, 4.69) is 0 Å². The second-order valence-corrected chi connectivity index (χ2v) is 6.91. The molecule has 2 fully saturated rings. The van der Waals surface area contributed by atoms with Crippen LogP contribution in [0.1, 0.15) is 52.9 Å². The van der Waals surface area contributed by atoms with E-state index in [1.165, 1.54) is 7.11 Å². The first-order valence-electron chi connectivity index (χ1n) is 8.09. The molecule has 6 heteroatoms. The van der Waals surface area contributed by atoms with Gasteiger partial charge in [0, 0.05) is 12.8 Å². The van der Waals surface area contributed by atoms with Gasteiger partial charge in [0.05, 0.1) is 13.0 Å². The van der Waals surface area contributed by atoms with E-state index in [9.17, 15) is 9.59 Å². The fraction of sp³-hybridized carbons (Fsp3) is 0.765. The van der Waals surface area contributed by atoms with Crippen molar-refractivity contribution in [2.24, 2.45) is 5.92 Å². The molecule has 2 rings (SSSR count). The van der Waals surface area contributed by atoms with Gasteiger partial charge in [0.25, 0.3) is 0 Å². The van der Waals surface area contributed by atoms with E-state index in [1.807, 2.05) is 26.0 Å². The summed E-state index contributed by atoms with van der Waals surface area (Å²) in [6, 6.07) is 0. The normalized spacial score (nSPS) is 36.0. The van der Waals surface area contributed by atoms with Gasteiger partial charge >= 0.3 is 11.9 Å². The molecule has 0 N–H and O–H groups in total. The summed E-state index contributed by atoms with van der Waals surface area (Å²) in [7, 11) is 1.37. The van der Waals surface area contributed by atoms with E-state index in [0.717, 1.165) is 12.8 Å². The highest BCUT2D eigenvalue weighted by Crippen LogP contribution is 2.34. The molecular formula is C17H26O6. The molecule has 6 nitrogen and oxygen atoms in total. The number of hydrogen-bond acceptors (Lipinski definition) is 6. The molecule has 130 valence electrons. The topological polar surface area (TPSA) is 71.1 Å². The van der Waals surface area contributed by atoms with Crippen molar-refractivity contribution in [1.29, 1.82) is 0 Å². The Morgan fingerprint density at radius 3 is 2.70 bits per heavy atom. The molecule has 0 radical (unpaired) electrons. The van der Waals surface area contributed by atoms with Crippen LogP contribution in [0.15, 0.2) is 12.2 Å². The van der Waals surface area contributed by atoms with Crippen LogP contribution in [0.25, 0.3) is 0 Å². The number of methoxy groups -OCH3 is 1. The van der Waals surface area contributed by atoms with Gasteiger partial charge in [-0.2, -0.15) is 0 Å². The molecule has 0 aromatic carbocycles. The average Bonchev–Trinajstić information content (AvgIpc) is 2.85. The van der Waals surface area contributed by atoms with Crippen LogP contribution in [-0.2, 0) is 28.8 Å². The summed E-state index contributed by atoms with van der Waals surface area (Å²) >= 11 is 0. The van der Waals surface area contributed by atoms with Crippen LogP contribution in [0.2, 0.25) is 0 Å². The SMILES string of the molecule is COC(=O)[C@H](C)[C@H]1CC[C@@](C)(C/C=C/C2(C)CCC(=O)O2)OO1. The molecule has 0 aliphatic carbocycles. The summed E-state index contributed by atoms with van der Waals surface area (Å²) in [6.07, 6.45) is 6.95. The van der Waals surface area contributed by atoms with E-state index < -0.39 is 11.2 Å². The van der Waals surface area contributed by atoms with E-state index in [-0.39, 0.29) is 24.0 Å². The number of carbonyl (C=O) groups excluding carboxylic acids is 2. The number of cyclic esters (lactones) is 1. The van der Waals surface area contributed by atoms with E-state index in [1.54, 1.807) is 6.92 Å². The average molecular weight is 326 g/mol. The second kappa shape index (κ2) is 7.01. The first-order valence-corrected chi connectivity index (χ1v) is 8.09. The standard InChI is InChI=1S/C17H26O6/c1-12(15(19)20-4)13-6-10-17(3,23-22-13)9-5-8-16(2)11-7-14(18)21-16/h5,8,12-13H,6-7,9-11H2,1-4H3/b8-5+/t12-,13-,16?,17-/m1/s1. The van der Waals surface area contributed by atoms with Crippen molar-refractivity contribution >= 4 is 11.9 Å². The smallest absolute Gasteiger partial charge is 0.311 e. The van der Waals surface area contributed by atoms with Gasteiger partial charge in [-0.1, -0.05) is 6.08 Å². The van der Waals surface area contributed by atoms with Crippen molar-refractivity contribution in [2.45, 2.75) is 70.2 Å². The highest BCUT2D eigenvalue weighted by Gasteiger charge is 2.38. The van der Waals surface area contributed by atoms with Gasteiger partial charge in [0.15, 0.2) is 0 Å². The van der Waals surface area contributed by atoms with Crippen molar-refractivity contribution in [1.82, 2.24) is 0 Å². The molecule has 2 aliphatic rings. The first kappa shape index (κ1) is 17.9. The monoisotopic (exact) mass is 326 g/mol. The lowest BCUT2D eigenvalue weighted by Crippen LogP contribution is -2.41. The summed E-state index contributed by atoms with van der Waals surface area (Å²) in [5.41, 5.74) is -0.952. The molecule has 0 saturated carbocycles. The summed E-state index contributed by atoms with van der Waals surface area (Å²) in [5, 5.41) is 0. The van der Waals surface area contributed by atoms with Crippen LogP contribution < -0.4 is 0 Å². The van der Waals surface area contributed by atoms with Crippen molar-refractivity contribution in [2.75, 3.05) is 7.11 Å². The Hall–Kier alpha value is -1.40. The second-order valence-electron chi connectivity index (χ2n) is 6.91. The van der Waals surface area contributed by atoms with Crippen LogP contribution in [0.3, 0.4) is 0 Å². The lowest BCUT2D eigenvalue weighted by molar-refractivity contribution is -0.409. The summed E-state index contributed by atoms with van der Waals surface area (Å²) in [6.45, 7) is 5.65. The third-order valence-corrected chi connectivity index (χ3v) is 4.65. The number of rotatable bonds is 5. The van der Waals surface area contributed by atoms with Crippen molar-refractivity contribution < 1.29 is 28.8 Å². The molecule has 23 heavy (non-hydrogen) atoms. The molecular weight excluding hydrogens is 300 g/mol. The maximum atomic E-state index is 11.5. The molecule has 2 heterocycles. The van der Waals surface area contributed by atoms with Crippen LogP contribution in [0, 0.1) is 5.92 Å². The van der Waals surface area contributed by atoms with Crippen molar-refractivity contribution in [3.8, 4) is 0 Å². The first-order chi connectivity index (χ1) is 10.8. The molecule has 2 saturated heterocycles. The van der Waals surface area contributed by atoms with Gasteiger partial charge in [-0.3, -0.25) is 9.59 Å². The van der Waals surface area contributed by atoms with E-state index in [4.69, 9.17) is 19.2 Å². The number of ether oxygens (including phenoxy) is 2. The Bertz CT molecular complexity index is 477. The fourth-order valence-corrected chi connectivity index (χ4v) is 2.91. The Morgan fingerprint density at radius 2 is 2.17 bits per heavy atom. The van der Waals surface area contributed by atoms with Gasteiger partial charge in [0.1, 0.15) is 17.3 Å². The molecule has 0 spiro atoms. The minimum absolute atomic E-state index is 0.153. The minimum Gasteiger partial charge on any atom is -0.469 e. The Labute approximate surface area is 137 Å². The molecule has 0 aromatic heterocycles. The Kier molecular flexibility index (Phi) is 5.47. The number of esters is 2. The van der Waals surface area contributed by atoms with Gasteiger partial charge < -0.3 is 9.47 Å². The molecule has 0 amide bonds. The minimum atomic E-state index is -0.509. The van der Waals surface area contributed by atoms with Gasteiger partial charge in [-0.25, -0.2) is 9.78 Å². The highest BCUT2D eigenvalue weighted by atomic mass is 17.2. The fourth-order valence-electron chi connectivity index (χ4n) is 2.91. The summed E-state index contributed by atoms with van der Waals surface area (Å²) < 4.78 is 10.0. The van der Waals surface area contributed by atoms with Crippen LogP contribution >= 0.6 is 0 Å².